The van der Waals surface area contributed by atoms with Gasteiger partial charge >= 0.3 is 12.1 Å². The van der Waals surface area contributed by atoms with E-state index in [4.69, 9.17) is 9.84 Å². The third kappa shape index (κ3) is 5.11. The number of rotatable bonds is 5. The zero-order valence-corrected chi connectivity index (χ0v) is 18.2. The summed E-state index contributed by atoms with van der Waals surface area (Å²) in [5.41, 5.74) is 0.183. The zero-order valence-electron chi connectivity index (χ0n) is 18.2. The lowest BCUT2D eigenvalue weighted by Crippen LogP contribution is -2.08. The molecule has 0 saturated carbocycles. The minimum atomic E-state index is -4.77. The fourth-order valence-corrected chi connectivity index (χ4v) is 3.87. The molecule has 35 heavy (non-hydrogen) atoms. The van der Waals surface area contributed by atoms with Crippen molar-refractivity contribution in [2.24, 2.45) is 0 Å². The Morgan fingerprint density at radius 1 is 1.00 bits per heavy atom. The lowest BCUT2D eigenvalue weighted by atomic mass is 9.94. The van der Waals surface area contributed by atoms with Gasteiger partial charge in [-0.3, -0.25) is 0 Å². The first-order valence-corrected chi connectivity index (χ1v) is 10.4. The predicted molar refractivity (Wildman–Crippen MR) is 124 cm³/mol. The number of aliphatic carboxylic acids is 1. The van der Waals surface area contributed by atoms with Crippen LogP contribution in [0, 0.1) is 12.7 Å². The van der Waals surface area contributed by atoms with Gasteiger partial charge < -0.3 is 14.9 Å². The topological polar surface area (TPSA) is 66.8 Å². The van der Waals surface area contributed by atoms with Crippen molar-refractivity contribution in [2.45, 2.75) is 13.1 Å². The fourth-order valence-electron chi connectivity index (χ4n) is 3.87. The first kappa shape index (κ1) is 23.8. The van der Waals surface area contributed by atoms with Crippen LogP contribution in [0.25, 0.3) is 28.0 Å². The van der Waals surface area contributed by atoms with Gasteiger partial charge in [0.05, 0.1) is 5.56 Å². The van der Waals surface area contributed by atoms with Gasteiger partial charge in [-0.25, -0.2) is 9.18 Å². The number of hydrogen-bond donors (Lipinski definition) is 2. The molecule has 0 heterocycles. The van der Waals surface area contributed by atoms with Crippen LogP contribution in [0.5, 0.6) is 17.2 Å². The van der Waals surface area contributed by atoms with Crippen molar-refractivity contribution in [2.75, 3.05) is 0 Å². The first-order chi connectivity index (χ1) is 16.5. The molecule has 0 spiro atoms. The van der Waals surface area contributed by atoms with Gasteiger partial charge in [0.1, 0.15) is 23.1 Å². The van der Waals surface area contributed by atoms with Crippen LogP contribution in [0.15, 0.2) is 72.8 Å². The average molecular weight is 482 g/mol. The minimum Gasteiger partial charge on any atom is -0.508 e. The molecule has 0 atom stereocenters. The van der Waals surface area contributed by atoms with Crippen LogP contribution >= 0.6 is 0 Å². The summed E-state index contributed by atoms with van der Waals surface area (Å²) in [7, 11) is 0. The van der Waals surface area contributed by atoms with Crippen LogP contribution < -0.4 is 4.74 Å². The van der Waals surface area contributed by atoms with Crippen molar-refractivity contribution in [1.82, 2.24) is 0 Å². The molecule has 4 aromatic carbocycles. The number of carbonyl (C=O) groups is 1. The first-order valence-electron chi connectivity index (χ1n) is 10.4. The second kappa shape index (κ2) is 9.13. The molecule has 0 aliphatic rings. The molecule has 0 radical (unpaired) electrons. The molecule has 8 heteroatoms. The highest BCUT2D eigenvalue weighted by Gasteiger charge is 2.33. The van der Waals surface area contributed by atoms with E-state index >= 15 is 0 Å². The molecular weight excluding hydrogens is 464 g/mol. The molecule has 0 aliphatic heterocycles. The van der Waals surface area contributed by atoms with Gasteiger partial charge in [0.25, 0.3) is 0 Å². The summed E-state index contributed by atoms with van der Waals surface area (Å²) in [6.07, 6.45) is -3.30. The van der Waals surface area contributed by atoms with Crippen molar-refractivity contribution in [1.29, 1.82) is 0 Å². The Balaban J connectivity index is 1.93. The number of phenolic OH excluding ortho intramolecular Hbond substituents is 1. The zero-order chi connectivity index (χ0) is 25.3. The quantitative estimate of drug-likeness (QED) is 0.227. The largest absolute Gasteiger partial charge is 0.508 e. The molecule has 4 nitrogen and oxygen atoms in total. The number of carboxylic acid groups (broad SMARTS) is 1. The van der Waals surface area contributed by atoms with Crippen molar-refractivity contribution in [3.63, 3.8) is 0 Å². The molecule has 4 aromatic rings. The maximum absolute atomic E-state index is 14.0. The number of ether oxygens (including phenoxy) is 1. The van der Waals surface area contributed by atoms with Crippen molar-refractivity contribution < 1.29 is 37.3 Å². The highest BCUT2D eigenvalue weighted by molar-refractivity contribution is 5.97. The van der Waals surface area contributed by atoms with Crippen molar-refractivity contribution in [3.8, 4) is 28.4 Å². The summed E-state index contributed by atoms with van der Waals surface area (Å²) >= 11 is 0. The highest BCUT2D eigenvalue weighted by Crippen LogP contribution is 2.44. The van der Waals surface area contributed by atoms with Gasteiger partial charge in [-0.05, 0) is 77.5 Å². The Morgan fingerprint density at radius 2 is 1.77 bits per heavy atom. The van der Waals surface area contributed by atoms with E-state index in [9.17, 15) is 27.5 Å². The van der Waals surface area contributed by atoms with E-state index in [2.05, 4.69) is 0 Å². The van der Waals surface area contributed by atoms with Gasteiger partial charge in [-0.2, -0.15) is 13.2 Å². The summed E-state index contributed by atoms with van der Waals surface area (Å²) in [6, 6.07) is 15.2. The number of alkyl halides is 3. The van der Waals surface area contributed by atoms with Crippen LogP contribution in [-0.2, 0) is 11.0 Å². The lowest BCUT2D eigenvalue weighted by molar-refractivity contribution is -0.138. The van der Waals surface area contributed by atoms with Crippen molar-refractivity contribution >= 4 is 22.8 Å². The van der Waals surface area contributed by atoms with Crippen LogP contribution in [-0.4, -0.2) is 16.2 Å². The van der Waals surface area contributed by atoms with E-state index in [-0.39, 0.29) is 22.8 Å². The molecule has 0 amide bonds. The minimum absolute atomic E-state index is 0.00437. The summed E-state index contributed by atoms with van der Waals surface area (Å²) < 4.78 is 61.2. The summed E-state index contributed by atoms with van der Waals surface area (Å²) in [5, 5.41) is 19.8. The van der Waals surface area contributed by atoms with Gasteiger partial charge in [-0.1, -0.05) is 24.3 Å². The third-order valence-electron chi connectivity index (χ3n) is 5.34. The third-order valence-corrected chi connectivity index (χ3v) is 5.34. The molecular formula is C27H18F4O4. The maximum atomic E-state index is 14.0. The molecule has 4 rings (SSSR count). The Hall–Kier alpha value is -4.33. The molecule has 0 bridgehead atoms. The maximum Gasteiger partial charge on any atom is 0.417 e. The number of aryl methyl sites for hydroxylation is 1. The van der Waals surface area contributed by atoms with E-state index in [0.29, 0.717) is 33.5 Å². The van der Waals surface area contributed by atoms with E-state index in [0.717, 1.165) is 18.2 Å². The lowest BCUT2D eigenvalue weighted by Gasteiger charge is -2.19. The standard InChI is InChI=1S/C27H18F4O4/c1-15-11-18-13-20(32)7-9-22(18)26(25(15)17-3-2-4-19(28)12-17)35-21-8-5-16(6-10-24(33)34)23(14-21)27(29,30)31/h2-14,32H,1H3,(H,33,34). The Labute approximate surface area is 197 Å². The Kier molecular flexibility index (Phi) is 6.22. The Bertz CT molecular complexity index is 1470. The number of carboxylic acids is 1. The molecule has 0 saturated heterocycles. The number of phenols is 1. The molecule has 0 fully saturated rings. The predicted octanol–water partition coefficient (Wildman–Crippen LogP) is 7.57. The van der Waals surface area contributed by atoms with E-state index in [1.165, 1.54) is 36.4 Å². The number of hydrogen-bond acceptors (Lipinski definition) is 3. The Morgan fingerprint density at radius 3 is 2.46 bits per heavy atom. The van der Waals surface area contributed by atoms with Crippen LogP contribution in [0.3, 0.4) is 0 Å². The monoisotopic (exact) mass is 482 g/mol. The van der Waals surface area contributed by atoms with E-state index < -0.39 is 23.5 Å². The summed E-state index contributed by atoms with van der Waals surface area (Å²) in [5.74, 6) is -1.84. The van der Waals surface area contributed by atoms with Crippen LogP contribution in [0.2, 0.25) is 0 Å². The smallest absolute Gasteiger partial charge is 0.417 e. The SMILES string of the molecule is Cc1cc2cc(O)ccc2c(Oc2ccc(C=CC(=O)O)c(C(F)(F)F)c2)c1-c1cccc(F)c1. The molecule has 178 valence electrons. The summed E-state index contributed by atoms with van der Waals surface area (Å²) in [6.45, 7) is 1.75. The fraction of sp³-hybridized carbons (Fsp3) is 0.0741. The van der Waals surface area contributed by atoms with E-state index in [1.54, 1.807) is 25.1 Å². The normalized spacial score (nSPS) is 11.8. The van der Waals surface area contributed by atoms with Gasteiger partial charge in [0.15, 0.2) is 0 Å². The van der Waals surface area contributed by atoms with Gasteiger partial charge in [-0.15, -0.1) is 0 Å². The number of halogens is 4. The molecule has 0 unspecified atom stereocenters. The van der Waals surface area contributed by atoms with Gasteiger partial charge in [0.2, 0.25) is 0 Å². The van der Waals surface area contributed by atoms with E-state index in [1.807, 2.05) is 0 Å². The number of fused-ring (bicyclic) bond motifs is 1. The number of aromatic hydroxyl groups is 1. The van der Waals surface area contributed by atoms with Crippen LogP contribution in [0.1, 0.15) is 16.7 Å². The molecule has 0 aliphatic carbocycles. The van der Waals surface area contributed by atoms with Crippen molar-refractivity contribution in [3.05, 3.63) is 95.3 Å². The molecule has 0 aromatic heterocycles. The summed E-state index contributed by atoms with van der Waals surface area (Å²) in [4.78, 5) is 10.8. The second-order valence-corrected chi connectivity index (χ2v) is 7.83. The van der Waals surface area contributed by atoms with Gasteiger partial charge in [0, 0.05) is 17.0 Å². The average Bonchev–Trinajstić information content (AvgIpc) is 2.77. The second-order valence-electron chi connectivity index (χ2n) is 7.83. The molecule has 2 N–H and O–H groups in total. The van der Waals surface area contributed by atoms with Crippen LogP contribution in [0.4, 0.5) is 17.6 Å². The highest BCUT2D eigenvalue weighted by atomic mass is 19.4. The number of benzene rings is 4.